The van der Waals surface area contributed by atoms with Gasteiger partial charge in [0.2, 0.25) is 12.7 Å². The molecule has 8 heteroatoms. The van der Waals surface area contributed by atoms with Crippen molar-refractivity contribution in [3.8, 4) is 11.5 Å². The highest BCUT2D eigenvalue weighted by molar-refractivity contribution is 5.76. The molecule has 0 radical (unpaired) electrons. The fraction of sp³-hybridized carbons (Fsp3) is 0.471. The van der Waals surface area contributed by atoms with Gasteiger partial charge in [-0.15, -0.1) is 0 Å². The number of ether oxygens (including phenoxy) is 3. The molecule has 3 heterocycles. The molecular formula is C17H19N3O5. The van der Waals surface area contributed by atoms with Crippen molar-refractivity contribution >= 4 is 5.91 Å². The number of carbonyl (C=O) groups excluding carboxylic acids is 1. The van der Waals surface area contributed by atoms with Gasteiger partial charge in [0, 0.05) is 13.0 Å². The monoisotopic (exact) mass is 345 g/mol. The van der Waals surface area contributed by atoms with E-state index in [1.54, 1.807) is 0 Å². The normalized spacial score (nSPS) is 18.5. The molecule has 0 aliphatic carbocycles. The lowest BCUT2D eigenvalue weighted by molar-refractivity contribution is -0.121. The molecule has 8 nitrogen and oxygen atoms in total. The van der Waals surface area contributed by atoms with E-state index in [0.717, 1.165) is 36.5 Å². The van der Waals surface area contributed by atoms with E-state index in [9.17, 15) is 4.79 Å². The molecule has 0 unspecified atom stereocenters. The topological polar surface area (TPSA) is 95.7 Å². The minimum absolute atomic E-state index is 0.0684. The molecule has 4 rings (SSSR count). The first-order valence-electron chi connectivity index (χ1n) is 8.37. The molecule has 0 spiro atoms. The van der Waals surface area contributed by atoms with Gasteiger partial charge in [-0.2, -0.15) is 4.98 Å². The van der Waals surface area contributed by atoms with E-state index >= 15 is 0 Å². The van der Waals surface area contributed by atoms with Gasteiger partial charge in [-0.3, -0.25) is 4.79 Å². The van der Waals surface area contributed by atoms with E-state index in [-0.39, 0.29) is 25.3 Å². The van der Waals surface area contributed by atoms with Crippen molar-refractivity contribution in [2.45, 2.75) is 38.3 Å². The quantitative estimate of drug-likeness (QED) is 0.854. The molecule has 1 amide bonds. The third kappa shape index (κ3) is 3.74. The van der Waals surface area contributed by atoms with Gasteiger partial charge in [0.25, 0.3) is 5.89 Å². The van der Waals surface area contributed by atoms with Crippen LogP contribution in [0.5, 0.6) is 11.5 Å². The Kier molecular flexibility index (Phi) is 4.51. The minimum Gasteiger partial charge on any atom is -0.454 e. The summed E-state index contributed by atoms with van der Waals surface area (Å²) in [5, 5.41) is 6.68. The summed E-state index contributed by atoms with van der Waals surface area (Å²) in [7, 11) is 0. The average molecular weight is 345 g/mol. The lowest BCUT2D eigenvalue weighted by Gasteiger charge is -2.04. The summed E-state index contributed by atoms with van der Waals surface area (Å²) in [5.41, 5.74) is 1.03. The second-order valence-electron chi connectivity index (χ2n) is 6.01. The third-order valence-electron chi connectivity index (χ3n) is 4.21. The number of amides is 1. The highest BCUT2D eigenvalue weighted by Crippen LogP contribution is 2.32. The van der Waals surface area contributed by atoms with Crippen LogP contribution in [0.4, 0.5) is 0 Å². The van der Waals surface area contributed by atoms with Crippen molar-refractivity contribution in [3.05, 3.63) is 35.5 Å². The Bertz CT molecular complexity index is 754. The Labute approximate surface area is 144 Å². The first-order valence-corrected chi connectivity index (χ1v) is 8.37. The van der Waals surface area contributed by atoms with E-state index in [2.05, 4.69) is 15.5 Å². The number of nitrogens with one attached hydrogen (secondary N) is 1. The molecule has 1 aromatic heterocycles. The number of rotatable bonds is 6. The van der Waals surface area contributed by atoms with Crippen molar-refractivity contribution < 1.29 is 23.5 Å². The molecule has 2 aliphatic rings. The van der Waals surface area contributed by atoms with Crippen LogP contribution in [0.3, 0.4) is 0 Å². The maximum atomic E-state index is 12.0. The molecule has 1 fully saturated rings. The third-order valence-corrected chi connectivity index (χ3v) is 4.21. The van der Waals surface area contributed by atoms with Crippen LogP contribution in [0.25, 0.3) is 0 Å². The maximum Gasteiger partial charge on any atom is 0.255 e. The molecule has 0 bridgehead atoms. The number of benzene rings is 1. The molecule has 1 saturated heterocycles. The molecule has 2 aromatic rings. The maximum absolute atomic E-state index is 12.0. The molecule has 0 saturated carbocycles. The highest BCUT2D eigenvalue weighted by atomic mass is 16.7. The van der Waals surface area contributed by atoms with Crippen LogP contribution in [0, 0.1) is 0 Å². The predicted molar refractivity (Wildman–Crippen MR) is 85.0 cm³/mol. The molecule has 1 N–H and O–H groups in total. The number of hydrogen-bond acceptors (Lipinski definition) is 7. The largest absolute Gasteiger partial charge is 0.454 e. The van der Waals surface area contributed by atoms with E-state index in [4.69, 9.17) is 18.7 Å². The summed E-state index contributed by atoms with van der Waals surface area (Å²) in [6.07, 6.45) is 2.78. The first kappa shape index (κ1) is 15.9. The lowest BCUT2D eigenvalue weighted by Crippen LogP contribution is -2.23. The second kappa shape index (κ2) is 7.10. The predicted octanol–water partition coefficient (Wildman–Crippen LogP) is 1.90. The Morgan fingerprint density at radius 1 is 1.28 bits per heavy atom. The van der Waals surface area contributed by atoms with E-state index in [1.165, 1.54) is 0 Å². The number of fused-ring (bicyclic) bond motifs is 1. The molecular weight excluding hydrogens is 326 g/mol. The summed E-state index contributed by atoms with van der Waals surface area (Å²) in [6, 6.07) is 5.71. The van der Waals surface area contributed by atoms with E-state index in [0.29, 0.717) is 24.6 Å². The van der Waals surface area contributed by atoms with Crippen molar-refractivity contribution in [1.82, 2.24) is 15.5 Å². The van der Waals surface area contributed by atoms with Gasteiger partial charge in [0.15, 0.2) is 17.3 Å². The summed E-state index contributed by atoms with van der Waals surface area (Å²) < 4.78 is 21.3. The Balaban J connectivity index is 1.24. The molecule has 1 atom stereocenters. The number of carbonyl (C=O) groups is 1. The number of aromatic nitrogens is 2. The smallest absolute Gasteiger partial charge is 0.255 e. The Morgan fingerprint density at radius 3 is 3.08 bits per heavy atom. The van der Waals surface area contributed by atoms with Crippen LogP contribution in [0.1, 0.15) is 42.6 Å². The molecule has 2 aliphatic heterocycles. The lowest BCUT2D eigenvalue weighted by atomic mass is 10.1. The van der Waals surface area contributed by atoms with Gasteiger partial charge in [-0.25, -0.2) is 0 Å². The summed E-state index contributed by atoms with van der Waals surface area (Å²) in [4.78, 5) is 16.3. The molecule has 1 aromatic carbocycles. The standard InChI is InChI=1S/C17H19N3O5/c21-16(6-4-11-3-5-12-14(8-11)24-10-23-12)18-9-15-19-17(25-20-15)13-2-1-7-22-13/h3,5,8,13H,1-2,4,6-7,9-10H2,(H,18,21)/t13-/m1/s1. The van der Waals surface area contributed by atoms with Crippen LogP contribution in [0.2, 0.25) is 0 Å². The Morgan fingerprint density at radius 2 is 2.20 bits per heavy atom. The van der Waals surface area contributed by atoms with Gasteiger partial charge in [0.1, 0.15) is 6.10 Å². The zero-order valence-electron chi connectivity index (χ0n) is 13.7. The van der Waals surface area contributed by atoms with Gasteiger partial charge >= 0.3 is 0 Å². The molecule has 132 valence electrons. The van der Waals surface area contributed by atoms with Crippen molar-refractivity contribution in [1.29, 1.82) is 0 Å². The van der Waals surface area contributed by atoms with Gasteiger partial charge < -0.3 is 24.1 Å². The summed E-state index contributed by atoms with van der Waals surface area (Å²) in [6.45, 7) is 1.22. The minimum atomic E-state index is -0.108. The van der Waals surface area contributed by atoms with Crippen LogP contribution in [-0.4, -0.2) is 29.4 Å². The van der Waals surface area contributed by atoms with E-state index in [1.807, 2.05) is 18.2 Å². The van der Waals surface area contributed by atoms with E-state index < -0.39 is 0 Å². The van der Waals surface area contributed by atoms with Crippen LogP contribution >= 0.6 is 0 Å². The summed E-state index contributed by atoms with van der Waals surface area (Å²) >= 11 is 0. The average Bonchev–Trinajstić information content (AvgIpc) is 3.38. The summed E-state index contributed by atoms with van der Waals surface area (Å²) in [5.74, 6) is 2.35. The first-order chi connectivity index (χ1) is 12.3. The second-order valence-corrected chi connectivity index (χ2v) is 6.01. The number of hydrogen-bond donors (Lipinski definition) is 1. The fourth-order valence-electron chi connectivity index (χ4n) is 2.86. The number of aryl methyl sites for hydroxylation is 1. The zero-order valence-corrected chi connectivity index (χ0v) is 13.7. The van der Waals surface area contributed by atoms with Crippen molar-refractivity contribution in [3.63, 3.8) is 0 Å². The highest BCUT2D eigenvalue weighted by Gasteiger charge is 2.23. The van der Waals surface area contributed by atoms with Gasteiger partial charge in [-0.05, 0) is 37.0 Å². The van der Waals surface area contributed by atoms with Crippen LogP contribution < -0.4 is 14.8 Å². The van der Waals surface area contributed by atoms with Gasteiger partial charge in [-0.1, -0.05) is 11.2 Å². The van der Waals surface area contributed by atoms with Crippen molar-refractivity contribution in [2.24, 2.45) is 0 Å². The SMILES string of the molecule is O=C(CCc1ccc2c(c1)OCO2)NCc1noc([C@H]2CCCO2)n1. The zero-order chi connectivity index (χ0) is 17.1. The number of nitrogens with zero attached hydrogens (tertiary/aromatic N) is 2. The van der Waals surface area contributed by atoms with Crippen LogP contribution in [0.15, 0.2) is 22.7 Å². The van der Waals surface area contributed by atoms with Crippen molar-refractivity contribution in [2.75, 3.05) is 13.4 Å². The molecule has 25 heavy (non-hydrogen) atoms. The Hall–Kier alpha value is -2.61. The van der Waals surface area contributed by atoms with Crippen LogP contribution in [-0.2, 0) is 22.5 Å². The fourth-order valence-corrected chi connectivity index (χ4v) is 2.86. The van der Waals surface area contributed by atoms with Gasteiger partial charge in [0.05, 0.1) is 6.54 Å².